The number of aromatic nitrogens is 1. The number of benzene rings is 2. The summed E-state index contributed by atoms with van der Waals surface area (Å²) in [6, 6.07) is 22.6. The fourth-order valence-electron chi connectivity index (χ4n) is 7.26. The van der Waals surface area contributed by atoms with E-state index >= 15 is 0 Å². The Balaban J connectivity index is 1.14. The molecule has 1 fully saturated rings. The van der Waals surface area contributed by atoms with E-state index in [9.17, 15) is 33.0 Å². The molecular formula is C41H48F3N5O6. The highest BCUT2D eigenvalue weighted by Gasteiger charge is 2.38. The van der Waals surface area contributed by atoms with Crippen LogP contribution in [0.15, 0.2) is 89.5 Å². The molecule has 4 heterocycles. The molecule has 6 rings (SSSR count). The largest absolute Gasteiger partial charge is 0.490 e. The molecule has 2 aromatic carbocycles. The number of nitrogens with zero attached hydrogens (tertiary/aromatic N) is 3. The Kier molecular flexibility index (Phi) is 13.2. The number of fused-ring (bicyclic) bond motifs is 1. The summed E-state index contributed by atoms with van der Waals surface area (Å²) >= 11 is 0. The summed E-state index contributed by atoms with van der Waals surface area (Å²) < 4.78 is 51.3. The van der Waals surface area contributed by atoms with Crippen LogP contribution in [0.2, 0.25) is 0 Å². The standard InChI is InChI=1S/C41H48F3N5O6/c1-2-30-20-28(16-17-45-30)36-15-14-32(55-36)23-48-18-19-49(34(24-48)40(53)46-26-41(42,43)44)22-31(50)21-29(13-12-27-8-4-3-5-9-27)39(52)47-38-33-10-6-7-11-37(33)54-25-35(38)51/h3-11,14-17,20,29,31,34-35,38,50-51H,2,12-13,18-19,21-26H2,1H3,(H,46,53)(H,47,52)/t29-,31+,34+,35-,38+/m1/s1. The molecule has 1 saturated heterocycles. The molecule has 14 heteroatoms. The zero-order valence-electron chi connectivity index (χ0n) is 30.8. The number of halogens is 3. The second kappa shape index (κ2) is 18.2. The second-order valence-corrected chi connectivity index (χ2v) is 14.2. The van der Waals surface area contributed by atoms with Crippen LogP contribution in [-0.4, -0.2) is 101 Å². The van der Waals surface area contributed by atoms with Gasteiger partial charge in [-0.25, -0.2) is 0 Å². The van der Waals surface area contributed by atoms with Gasteiger partial charge in [-0.15, -0.1) is 0 Å². The first-order chi connectivity index (χ1) is 26.5. The van der Waals surface area contributed by atoms with Crippen molar-refractivity contribution in [1.82, 2.24) is 25.4 Å². The summed E-state index contributed by atoms with van der Waals surface area (Å²) in [5.41, 5.74) is 3.47. The third kappa shape index (κ3) is 10.9. The lowest BCUT2D eigenvalue weighted by atomic mass is 9.91. The van der Waals surface area contributed by atoms with Crippen molar-refractivity contribution in [1.29, 1.82) is 0 Å². The number of furan rings is 1. The molecule has 0 bridgehead atoms. The van der Waals surface area contributed by atoms with Crippen LogP contribution in [0.3, 0.4) is 0 Å². The van der Waals surface area contributed by atoms with E-state index in [1.807, 2.05) is 77.8 Å². The van der Waals surface area contributed by atoms with Crippen LogP contribution in [0.5, 0.6) is 5.75 Å². The first-order valence-electron chi connectivity index (χ1n) is 18.7. The Morgan fingerprint density at radius 2 is 1.82 bits per heavy atom. The number of aliphatic hydroxyl groups is 2. The van der Waals surface area contributed by atoms with Crippen molar-refractivity contribution >= 4 is 11.8 Å². The molecule has 0 spiro atoms. The number of alkyl halides is 3. The Morgan fingerprint density at radius 3 is 2.60 bits per heavy atom. The number of β-amino-alcohol motifs (C(OH)–C–C–N with tert-alkyl or cyclic N) is 1. The van der Waals surface area contributed by atoms with Crippen molar-refractivity contribution in [2.45, 2.75) is 69.6 Å². The minimum atomic E-state index is -4.60. The lowest BCUT2D eigenvalue weighted by Crippen LogP contribution is -2.60. The normalized spacial score (nSPS) is 20.2. The Hall–Kier alpha value is -4.76. The Labute approximate surface area is 318 Å². The van der Waals surface area contributed by atoms with Crippen molar-refractivity contribution in [3.8, 4) is 17.1 Å². The van der Waals surface area contributed by atoms with E-state index in [-0.39, 0.29) is 38.6 Å². The number of rotatable bonds is 15. The van der Waals surface area contributed by atoms with Gasteiger partial charge < -0.3 is 30.0 Å². The number of aryl methyl sites for hydroxylation is 2. The zero-order chi connectivity index (χ0) is 39.0. The third-order valence-corrected chi connectivity index (χ3v) is 10.2. The van der Waals surface area contributed by atoms with Crippen LogP contribution < -0.4 is 15.4 Å². The van der Waals surface area contributed by atoms with Gasteiger partial charge in [-0.1, -0.05) is 55.5 Å². The number of amides is 2. The van der Waals surface area contributed by atoms with Gasteiger partial charge in [0.15, 0.2) is 0 Å². The molecule has 0 aliphatic carbocycles. The molecule has 0 saturated carbocycles. The molecule has 2 aliphatic rings. The average Bonchev–Trinajstić information content (AvgIpc) is 3.65. The maximum Gasteiger partial charge on any atom is 0.405 e. The summed E-state index contributed by atoms with van der Waals surface area (Å²) in [4.78, 5) is 35.2. The van der Waals surface area contributed by atoms with E-state index in [2.05, 4.69) is 10.3 Å². The van der Waals surface area contributed by atoms with Gasteiger partial charge in [0.2, 0.25) is 11.8 Å². The van der Waals surface area contributed by atoms with Gasteiger partial charge in [0, 0.05) is 55.1 Å². The van der Waals surface area contributed by atoms with Crippen LogP contribution >= 0.6 is 0 Å². The van der Waals surface area contributed by atoms with Gasteiger partial charge in [-0.2, -0.15) is 13.2 Å². The van der Waals surface area contributed by atoms with Gasteiger partial charge in [-0.3, -0.25) is 24.4 Å². The molecule has 0 radical (unpaired) electrons. The summed E-state index contributed by atoms with van der Waals surface area (Å²) in [6.45, 7) is 1.67. The minimum Gasteiger partial charge on any atom is -0.490 e. The Morgan fingerprint density at radius 1 is 1.04 bits per heavy atom. The smallest absolute Gasteiger partial charge is 0.405 e. The summed E-state index contributed by atoms with van der Waals surface area (Å²) in [7, 11) is 0. The molecule has 5 atom stereocenters. The monoisotopic (exact) mass is 763 g/mol. The molecule has 55 heavy (non-hydrogen) atoms. The van der Waals surface area contributed by atoms with Crippen LogP contribution in [0, 0.1) is 5.92 Å². The minimum absolute atomic E-state index is 0.00859. The van der Waals surface area contributed by atoms with Crippen molar-refractivity contribution in [2.75, 3.05) is 39.3 Å². The van der Waals surface area contributed by atoms with E-state index in [0.717, 1.165) is 23.2 Å². The lowest BCUT2D eigenvalue weighted by Gasteiger charge is -2.41. The SMILES string of the molecule is CCc1cc(-c2ccc(CN3CCN(C[C@@H](O)C[C@@H](CCc4ccccc4)C(=O)N[C@H]4c5ccccc5OC[C@H]4O)[C@H](C(=O)NCC(F)(F)F)C3)o2)ccn1. The number of hydrogen-bond acceptors (Lipinski definition) is 9. The topological polar surface area (TPSA) is 140 Å². The van der Waals surface area contributed by atoms with E-state index in [4.69, 9.17) is 9.15 Å². The first-order valence-corrected chi connectivity index (χ1v) is 18.7. The van der Waals surface area contributed by atoms with E-state index in [1.165, 1.54) is 0 Å². The molecule has 0 unspecified atom stereocenters. The average molecular weight is 764 g/mol. The summed E-state index contributed by atoms with van der Waals surface area (Å²) in [6.07, 6.45) is -3.21. The van der Waals surface area contributed by atoms with Gasteiger partial charge >= 0.3 is 6.18 Å². The fourth-order valence-corrected chi connectivity index (χ4v) is 7.26. The van der Waals surface area contributed by atoms with Crippen LogP contribution in [-0.2, 0) is 29.0 Å². The third-order valence-electron chi connectivity index (χ3n) is 10.2. The predicted molar refractivity (Wildman–Crippen MR) is 199 cm³/mol. The van der Waals surface area contributed by atoms with Crippen LogP contribution in [0.1, 0.15) is 48.4 Å². The van der Waals surface area contributed by atoms with E-state index in [0.29, 0.717) is 48.8 Å². The second-order valence-electron chi connectivity index (χ2n) is 14.2. The van der Waals surface area contributed by atoms with Crippen LogP contribution in [0.4, 0.5) is 13.2 Å². The fraction of sp³-hybridized carbons (Fsp3) is 0.439. The molecule has 4 aromatic rings. The quantitative estimate of drug-likeness (QED) is 0.136. The van der Waals surface area contributed by atoms with E-state index < -0.39 is 48.8 Å². The van der Waals surface area contributed by atoms with Crippen molar-refractivity contribution in [3.05, 3.63) is 108 Å². The number of para-hydroxylation sites is 1. The number of pyridine rings is 1. The van der Waals surface area contributed by atoms with E-state index in [1.54, 1.807) is 29.3 Å². The highest BCUT2D eigenvalue weighted by molar-refractivity contribution is 5.82. The summed E-state index contributed by atoms with van der Waals surface area (Å²) in [5.74, 6) is 0.0317. The number of carbonyl (C=O) groups excluding carboxylic acids is 2. The van der Waals surface area contributed by atoms with Crippen LogP contribution in [0.25, 0.3) is 11.3 Å². The number of nitrogens with one attached hydrogen (secondary N) is 2. The number of ether oxygens (including phenoxy) is 1. The number of carbonyl (C=O) groups is 2. The molecular weight excluding hydrogens is 715 g/mol. The van der Waals surface area contributed by atoms with Crippen molar-refractivity contribution < 1.29 is 42.1 Å². The van der Waals surface area contributed by atoms with Gasteiger partial charge in [-0.05, 0) is 61.6 Å². The highest BCUT2D eigenvalue weighted by atomic mass is 19.4. The molecule has 2 aromatic heterocycles. The zero-order valence-corrected chi connectivity index (χ0v) is 30.8. The molecule has 2 aliphatic heterocycles. The number of aliphatic hydroxyl groups excluding tert-OH is 2. The maximum absolute atomic E-state index is 13.9. The maximum atomic E-state index is 13.9. The number of hydrogen-bond donors (Lipinski definition) is 4. The first kappa shape index (κ1) is 39.9. The van der Waals surface area contributed by atoms with Gasteiger partial charge in [0.05, 0.1) is 18.7 Å². The molecule has 4 N–H and O–H groups in total. The molecule has 11 nitrogen and oxygen atoms in total. The molecule has 294 valence electrons. The van der Waals surface area contributed by atoms with Gasteiger partial charge in [0.25, 0.3) is 0 Å². The van der Waals surface area contributed by atoms with Crippen molar-refractivity contribution in [2.24, 2.45) is 5.92 Å². The number of piperazine rings is 1. The van der Waals surface area contributed by atoms with Crippen molar-refractivity contribution in [3.63, 3.8) is 0 Å². The lowest BCUT2D eigenvalue weighted by molar-refractivity contribution is -0.143. The summed E-state index contributed by atoms with van der Waals surface area (Å²) in [5, 5.41) is 27.3. The Bertz CT molecular complexity index is 1870. The highest BCUT2D eigenvalue weighted by Crippen LogP contribution is 2.33. The van der Waals surface area contributed by atoms with Gasteiger partial charge in [0.1, 0.15) is 42.6 Å². The molecule has 2 amide bonds. The predicted octanol–water partition coefficient (Wildman–Crippen LogP) is 4.68.